The molecular weight excluding hydrogens is 448 g/mol. The molecule has 3 aromatic rings. The Kier molecular flexibility index (Phi) is 5.06. The van der Waals surface area contributed by atoms with Crippen LogP contribution in [0.4, 0.5) is 14.5 Å². The molecule has 2 atom stereocenters. The van der Waals surface area contributed by atoms with Crippen molar-refractivity contribution >= 4 is 33.2 Å². The molecule has 0 bridgehead atoms. The van der Waals surface area contributed by atoms with E-state index < -0.39 is 17.7 Å². The molecule has 0 saturated heterocycles. The minimum absolute atomic E-state index is 0.0170. The van der Waals surface area contributed by atoms with E-state index in [-0.39, 0.29) is 17.4 Å². The van der Waals surface area contributed by atoms with Crippen LogP contribution in [0.5, 0.6) is 5.75 Å². The molecule has 6 heteroatoms. The molecule has 0 radical (unpaired) electrons. The molecule has 4 rings (SSSR count). The van der Waals surface area contributed by atoms with E-state index in [0.29, 0.717) is 15.9 Å². The maximum Gasteiger partial charge on any atom is 0.132 e. The molecule has 28 heavy (non-hydrogen) atoms. The number of hydrogen-bond acceptors (Lipinski definition) is 2. The number of nitrogens with zero attached hydrogens (tertiary/aromatic N) is 1. The molecule has 2 nitrogen and oxygen atoms in total. The Morgan fingerprint density at radius 3 is 2.32 bits per heavy atom. The van der Waals surface area contributed by atoms with Crippen LogP contribution < -0.4 is 4.90 Å². The van der Waals surface area contributed by atoms with E-state index in [4.69, 9.17) is 11.6 Å². The summed E-state index contributed by atoms with van der Waals surface area (Å²) in [5, 5.41) is 10.5. The molecule has 0 amide bonds. The van der Waals surface area contributed by atoms with E-state index in [1.54, 1.807) is 30.3 Å². The fourth-order valence-corrected chi connectivity index (χ4v) is 4.51. The number of hydrogen-bond donors (Lipinski definition) is 1. The average molecular weight is 465 g/mol. The first-order valence-electron chi connectivity index (χ1n) is 8.85. The van der Waals surface area contributed by atoms with Gasteiger partial charge in [-0.25, -0.2) is 8.78 Å². The van der Waals surface area contributed by atoms with Gasteiger partial charge in [0.05, 0.1) is 11.6 Å². The SMILES string of the molecule is C[C@@H]1Cc2cc(O)ccc2[C@@H](c2c(F)cc(Br)cc2F)N1c1ccc(Cl)cc1. The van der Waals surface area contributed by atoms with Gasteiger partial charge in [-0.05, 0) is 73.0 Å². The van der Waals surface area contributed by atoms with Crippen LogP contribution in [0.3, 0.4) is 0 Å². The van der Waals surface area contributed by atoms with Gasteiger partial charge in [-0.2, -0.15) is 0 Å². The van der Waals surface area contributed by atoms with Crippen LogP contribution in [-0.2, 0) is 6.42 Å². The van der Waals surface area contributed by atoms with Crippen LogP contribution in [0.25, 0.3) is 0 Å². The number of halogens is 4. The number of benzene rings is 3. The normalized spacial score (nSPS) is 18.8. The van der Waals surface area contributed by atoms with Crippen LogP contribution in [0.2, 0.25) is 5.02 Å². The molecule has 0 saturated carbocycles. The fourth-order valence-electron chi connectivity index (χ4n) is 3.98. The van der Waals surface area contributed by atoms with Gasteiger partial charge in [0.1, 0.15) is 17.4 Å². The quantitative estimate of drug-likeness (QED) is 0.460. The molecule has 1 heterocycles. The summed E-state index contributed by atoms with van der Waals surface area (Å²) in [6.07, 6.45) is 0.641. The van der Waals surface area contributed by atoms with Crippen molar-refractivity contribution < 1.29 is 13.9 Å². The predicted molar refractivity (Wildman–Crippen MR) is 111 cm³/mol. The number of aromatic hydroxyl groups is 1. The molecule has 0 fully saturated rings. The third kappa shape index (κ3) is 3.38. The second-order valence-electron chi connectivity index (χ2n) is 7.01. The largest absolute Gasteiger partial charge is 0.508 e. The van der Waals surface area contributed by atoms with E-state index in [0.717, 1.165) is 16.8 Å². The van der Waals surface area contributed by atoms with Crippen molar-refractivity contribution in [1.82, 2.24) is 0 Å². The maximum absolute atomic E-state index is 15.0. The molecular formula is C22H17BrClF2NO. The molecule has 0 aromatic heterocycles. The summed E-state index contributed by atoms with van der Waals surface area (Å²) in [6.45, 7) is 2.00. The van der Waals surface area contributed by atoms with Crippen molar-refractivity contribution in [3.8, 4) is 5.75 Å². The lowest BCUT2D eigenvalue weighted by Crippen LogP contribution is -2.43. The highest BCUT2D eigenvalue weighted by atomic mass is 79.9. The van der Waals surface area contributed by atoms with Gasteiger partial charge in [-0.3, -0.25) is 0 Å². The van der Waals surface area contributed by atoms with Gasteiger partial charge >= 0.3 is 0 Å². The molecule has 3 aromatic carbocycles. The second kappa shape index (κ2) is 7.37. The van der Waals surface area contributed by atoms with E-state index in [2.05, 4.69) is 15.9 Å². The van der Waals surface area contributed by atoms with E-state index >= 15 is 0 Å². The Labute approximate surface area is 175 Å². The minimum Gasteiger partial charge on any atom is -0.508 e. The zero-order valence-electron chi connectivity index (χ0n) is 15.0. The smallest absolute Gasteiger partial charge is 0.132 e. The summed E-state index contributed by atoms with van der Waals surface area (Å²) in [6, 6.07) is 14.0. The number of rotatable bonds is 2. The van der Waals surface area contributed by atoms with E-state index in [1.165, 1.54) is 12.1 Å². The summed E-state index contributed by atoms with van der Waals surface area (Å²) in [5.74, 6) is -1.10. The maximum atomic E-state index is 15.0. The van der Waals surface area contributed by atoms with E-state index in [1.807, 2.05) is 24.0 Å². The highest BCUT2D eigenvalue weighted by Crippen LogP contribution is 2.44. The monoisotopic (exact) mass is 463 g/mol. The van der Waals surface area contributed by atoms with Gasteiger partial charge in [0.25, 0.3) is 0 Å². The molecule has 144 valence electrons. The molecule has 0 aliphatic carbocycles. The minimum atomic E-state index is -0.673. The highest BCUT2D eigenvalue weighted by molar-refractivity contribution is 9.10. The Morgan fingerprint density at radius 2 is 1.68 bits per heavy atom. The predicted octanol–water partition coefficient (Wildman–Crippen LogP) is 6.63. The average Bonchev–Trinajstić information content (AvgIpc) is 2.61. The molecule has 0 spiro atoms. The summed E-state index contributed by atoms with van der Waals surface area (Å²) < 4.78 is 30.3. The lowest BCUT2D eigenvalue weighted by Gasteiger charge is -2.44. The Bertz CT molecular complexity index is 1020. The molecule has 0 unspecified atom stereocenters. The van der Waals surface area contributed by atoms with Gasteiger partial charge in [0.15, 0.2) is 0 Å². The summed E-state index contributed by atoms with van der Waals surface area (Å²) in [4.78, 5) is 2.01. The zero-order valence-corrected chi connectivity index (χ0v) is 17.3. The number of anilines is 1. The topological polar surface area (TPSA) is 23.5 Å². The molecule has 1 N–H and O–H groups in total. The van der Waals surface area contributed by atoms with Crippen LogP contribution >= 0.6 is 27.5 Å². The molecule has 1 aliphatic rings. The highest BCUT2D eigenvalue weighted by Gasteiger charge is 2.37. The summed E-state index contributed by atoms with van der Waals surface area (Å²) >= 11 is 9.19. The zero-order chi connectivity index (χ0) is 20.0. The lowest BCUT2D eigenvalue weighted by molar-refractivity contribution is 0.466. The number of phenols is 1. The summed E-state index contributed by atoms with van der Waals surface area (Å²) in [7, 11) is 0. The standard InChI is InChI=1S/C22H17BrClF2NO/c1-12-8-13-9-17(28)6-7-18(13)22(21-19(25)10-14(23)11-20(21)26)27(12)16-4-2-15(24)3-5-16/h2-7,9-12,22,28H,8H2,1H3/t12-,22+/m1/s1. The Balaban J connectivity index is 1.97. The van der Waals surface area contributed by atoms with Crippen LogP contribution in [-0.4, -0.2) is 11.1 Å². The van der Waals surface area contributed by atoms with Gasteiger partial charge in [0, 0.05) is 21.2 Å². The van der Waals surface area contributed by atoms with Crippen LogP contribution in [0.15, 0.2) is 59.1 Å². The lowest BCUT2D eigenvalue weighted by atomic mass is 9.84. The van der Waals surface area contributed by atoms with Gasteiger partial charge in [-0.15, -0.1) is 0 Å². The second-order valence-corrected chi connectivity index (χ2v) is 8.36. The number of fused-ring (bicyclic) bond motifs is 1. The first kappa shape index (κ1) is 19.2. The van der Waals surface area contributed by atoms with Gasteiger partial charge < -0.3 is 10.0 Å². The fraction of sp³-hybridized carbons (Fsp3) is 0.182. The summed E-state index contributed by atoms with van der Waals surface area (Å²) in [5.41, 5.74) is 2.45. The first-order valence-corrected chi connectivity index (χ1v) is 10.0. The van der Waals surface area contributed by atoms with Crippen molar-refractivity contribution in [3.63, 3.8) is 0 Å². The van der Waals surface area contributed by atoms with E-state index in [9.17, 15) is 13.9 Å². The third-order valence-electron chi connectivity index (χ3n) is 5.13. The van der Waals surface area contributed by atoms with Gasteiger partial charge in [-0.1, -0.05) is 33.6 Å². The van der Waals surface area contributed by atoms with Crippen molar-refractivity contribution in [2.45, 2.75) is 25.4 Å². The van der Waals surface area contributed by atoms with Crippen molar-refractivity contribution in [2.24, 2.45) is 0 Å². The first-order chi connectivity index (χ1) is 13.3. The molecule has 1 aliphatic heterocycles. The Hall–Kier alpha value is -2.11. The van der Waals surface area contributed by atoms with Crippen molar-refractivity contribution in [2.75, 3.05) is 4.90 Å². The van der Waals surface area contributed by atoms with Gasteiger partial charge in [0.2, 0.25) is 0 Å². The third-order valence-corrected chi connectivity index (χ3v) is 5.84. The number of phenolic OH excluding ortho intramolecular Hbond substituents is 1. The Morgan fingerprint density at radius 1 is 1.04 bits per heavy atom. The van der Waals surface area contributed by atoms with Crippen LogP contribution in [0.1, 0.15) is 29.7 Å². The van der Waals surface area contributed by atoms with Crippen molar-refractivity contribution in [3.05, 3.63) is 92.4 Å². The van der Waals surface area contributed by atoms with Crippen molar-refractivity contribution in [1.29, 1.82) is 0 Å². The van der Waals surface area contributed by atoms with Crippen LogP contribution in [0, 0.1) is 11.6 Å².